The lowest BCUT2D eigenvalue weighted by Crippen LogP contribution is -2.44. The van der Waals surface area contributed by atoms with Gasteiger partial charge in [-0.25, -0.2) is 0 Å². The van der Waals surface area contributed by atoms with Crippen molar-refractivity contribution in [2.75, 3.05) is 50.1 Å². The molecule has 0 saturated carbocycles. The second kappa shape index (κ2) is 8.59. The number of carbonyl (C=O) groups is 1. The number of carbonyl (C=O) groups excluding carboxylic acids is 1. The number of nitrogens with one attached hydrogen (secondary N) is 1. The number of rotatable bonds is 5. The maximum absolute atomic E-state index is 13.2. The molecule has 1 amide bonds. The fourth-order valence-corrected chi connectivity index (χ4v) is 4.07. The summed E-state index contributed by atoms with van der Waals surface area (Å²) in [6.45, 7) is 8.37. The van der Waals surface area contributed by atoms with Crippen molar-refractivity contribution in [2.45, 2.75) is 20.3 Å². The molecule has 2 aromatic carbocycles. The smallest absolute Gasteiger partial charge is 0.261 e. The minimum atomic E-state index is -0.247. The number of nitrogens with zero attached hydrogens (tertiary/aromatic N) is 4. The standard InChI is InChI=1S/C24H31N5O2/c1-16(2)13-21-19-14-20(23(30)15-22(19)26-25-21)24(31)28(4)17-5-7-18(8-6-17)29-11-9-27(3)10-12-29/h5-8,14-16,30H,9-13H2,1-4H3,(H,25,26). The largest absolute Gasteiger partial charge is 0.507 e. The molecule has 0 unspecified atom stereocenters. The molecule has 7 heteroatoms. The normalized spacial score (nSPS) is 15.1. The van der Waals surface area contributed by atoms with Crippen LogP contribution in [0, 0.1) is 5.92 Å². The van der Waals surface area contributed by atoms with Crippen molar-refractivity contribution < 1.29 is 9.90 Å². The molecule has 1 aliphatic heterocycles. The van der Waals surface area contributed by atoms with E-state index >= 15 is 0 Å². The van der Waals surface area contributed by atoms with Crippen molar-refractivity contribution >= 4 is 28.2 Å². The number of H-pyrrole nitrogens is 1. The highest BCUT2D eigenvalue weighted by Gasteiger charge is 2.21. The van der Waals surface area contributed by atoms with Gasteiger partial charge in [-0.15, -0.1) is 0 Å². The lowest BCUT2D eigenvalue weighted by Gasteiger charge is -2.34. The van der Waals surface area contributed by atoms with Crippen LogP contribution < -0.4 is 9.80 Å². The maximum atomic E-state index is 13.2. The van der Waals surface area contributed by atoms with Gasteiger partial charge in [-0.3, -0.25) is 9.89 Å². The quantitative estimate of drug-likeness (QED) is 0.660. The van der Waals surface area contributed by atoms with Gasteiger partial charge in [0, 0.05) is 56.1 Å². The number of phenolic OH excluding ortho intramolecular Hbond substituents is 1. The third-order valence-electron chi connectivity index (χ3n) is 6.00. The fourth-order valence-electron chi connectivity index (χ4n) is 4.07. The Morgan fingerprint density at radius 3 is 2.48 bits per heavy atom. The molecule has 1 aliphatic rings. The molecule has 0 aliphatic carbocycles. The summed E-state index contributed by atoms with van der Waals surface area (Å²) in [4.78, 5) is 19.5. The summed E-state index contributed by atoms with van der Waals surface area (Å²) in [7, 11) is 3.88. The Kier molecular flexibility index (Phi) is 5.87. The highest BCUT2D eigenvalue weighted by molar-refractivity contribution is 6.09. The van der Waals surface area contributed by atoms with Crippen LogP contribution in [-0.2, 0) is 6.42 Å². The number of likely N-dealkylation sites (N-methyl/N-ethyl adjacent to an activating group) is 1. The monoisotopic (exact) mass is 421 g/mol. The molecule has 0 radical (unpaired) electrons. The molecule has 3 aromatic rings. The zero-order valence-electron chi connectivity index (χ0n) is 18.7. The number of piperazine rings is 1. The van der Waals surface area contributed by atoms with Crippen molar-refractivity contribution in [1.82, 2.24) is 15.1 Å². The highest BCUT2D eigenvalue weighted by Crippen LogP contribution is 2.29. The number of fused-ring (bicyclic) bond motifs is 1. The van der Waals surface area contributed by atoms with Crippen LogP contribution in [0.5, 0.6) is 5.75 Å². The van der Waals surface area contributed by atoms with E-state index in [2.05, 4.69) is 53.0 Å². The molecular formula is C24H31N5O2. The number of aromatic nitrogens is 2. The third kappa shape index (κ3) is 4.37. The molecule has 164 valence electrons. The van der Waals surface area contributed by atoms with E-state index in [1.165, 1.54) is 5.69 Å². The van der Waals surface area contributed by atoms with Gasteiger partial charge in [-0.1, -0.05) is 13.8 Å². The van der Waals surface area contributed by atoms with Gasteiger partial charge in [0.2, 0.25) is 0 Å². The summed E-state index contributed by atoms with van der Waals surface area (Å²) in [5.41, 5.74) is 3.89. The van der Waals surface area contributed by atoms with Gasteiger partial charge >= 0.3 is 0 Å². The molecule has 1 fully saturated rings. The van der Waals surface area contributed by atoms with Gasteiger partial charge < -0.3 is 19.8 Å². The first-order chi connectivity index (χ1) is 14.8. The Hall–Kier alpha value is -3.06. The first kappa shape index (κ1) is 21.2. The number of benzene rings is 2. The third-order valence-corrected chi connectivity index (χ3v) is 6.00. The van der Waals surface area contributed by atoms with Crippen LogP contribution in [0.2, 0.25) is 0 Å². The summed E-state index contributed by atoms with van der Waals surface area (Å²) >= 11 is 0. The second-order valence-corrected chi connectivity index (χ2v) is 8.85. The minimum Gasteiger partial charge on any atom is -0.507 e. The number of aromatic hydroxyl groups is 1. The Morgan fingerprint density at radius 2 is 1.84 bits per heavy atom. The molecule has 7 nitrogen and oxygen atoms in total. The molecule has 2 heterocycles. The van der Waals surface area contributed by atoms with Gasteiger partial charge in [0.25, 0.3) is 5.91 Å². The molecule has 0 atom stereocenters. The lowest BCUT2D eigenvalue weighted by atomic mass is 10.0. The van der Waals surface area contributed by atoms with Crippen molar-refractivity contribution in [1.29, 1.82) is 0 Å². The Morgan fingerprint density at radius 1 is 1.16 bits per heavy atom. The topological polar surface area (TPSA) is 75.7 Å². The number of hydrogen-bond acceptors (Lipinski definition) is 5. The fraction of sp³-hybridized carbons (Fsp3) is 0.417. The molecule has 1 aromatic heterocycles. The predicted octanol–water partition coefficient (Wildman–Crippen LogP) is 3.50. The van der Waals surface area contributed by atoms with Gasteiger partial charge in [-0.05, 0) is 49.7 Å². The molecule has 31 heavy (non-hydrogen) atoms. The molecule has 2 N–H and O–H groups in total. The summed E-state index contributed by atoms with van der Waals surface area (Å²) in [5.74, 6) is 0.155. The lowest BCUT2D eigenvalue weighted by molar-refractivity contribution is 0.0990. The number of hydrogen-bond donors (Lipinski definition) is 2. The van der Waals surface area contributed by atoms with E-state index in [9.17, 15) is 9.90 Å². The summed E-state index contributed by atoms with van der Waals surface area (Å²) in [5, 5.41) is 18.7. The van der Waals surface area contributed by atoms with E-state index in [4.69, 9.17) is 0 Å². The van der Waals surface area contributed by atoms with Crippen LogP contribution in [0.4, 0.5) is 11.4 Å². The Labute approximate surface area is 183 Å². The van der Waals surface area contributed by atoms with Crippen molar-refractivity contribution in [3.63, 3.8) is 0 Å². The summed E-state index contributed by atoms with van der Waals surface area (Å²) < 4.78 is 0. The molecule has 1 saturated heterocycles. The van der Waals surface area contributed by atoms with Crippen LogP contribution in [0.1, 0.15) is 29.9 Å². The SMILES string of the molecule is CC(C)Cc1n[nH]c2cc(O)c(C(=O)N(C)c3ccc(N4CCN(C)CC4)cc3)cc12. The van der Waals surface area contributed by atoms with Crippen LogP contribution in [-0.4, -0.2) is 66.4 Å². The van der Waals surface area contributed by atoms with Gasteiger partial charge in [0.15, 0.2) is 0 Å². The zero-order valence-corrected chi connectivity index (χ0v) is 18.7. The number of phenols is 1. The number of aromatic amines is 1. The van der Waals surface area contributed by atoms with Crippen LogP contribution in [0.25, 0.3) is 10.9 Å². The predicted molar refractivity (Wildman–Crippen MR) is 125 cm³/mol. The molecular weight excluding hydrogens is 390 g/mol. The average molecular weight is 422 g/mol. The molecule has 0 bridgehead atoms. The maximum Gasteiger partial charge on any atom is 0.261 e. The van der Waals surface area contributed by atoms with E-state index < -0.39 is 0 Å². The van der Waals surface area contributed by atoms with Gasteiger partial charge in [0.1, 0.15) is 5.75 Å². The van der Waals surface area contributed by atoms with E-state index in [0.29, 0.717) is 5.92 Å². The first-order valence-electron chi connectivity index (χ1n) is 10.8. The average Bonchev–Trinajstić information content (AvgIpc) is 3.13. The van der Waals surface area contributed by atoms with E-state index in [1.807, 2.05) is 12.1 Å². The second-order valence-electron chi connectivity index (χ2n) is 8.85. The van der Waals surface area contributed by atoms with Crippen molar-refractivity contribution in [3.8, 4) is 5.75 Å². The minimum absolute atomic E-state index is 0.0434. The Bertz CT molecular complexity index is 1070. The van der Waals surface area contributed by atoms with Gasteiger partial charge in [0.05, 0.1) is 16.8 Å². The first-order valence-corrected chi connectivity index (χ1v) is 10.8. The van der Waals surface area contributed by atoms with Crippen LogP contribution >= 0.6 is 0 Å². The van der Waals surface area contributed by atoms with Crippen LogP contribution in [0.3, 0.4) is 0 Å². The van der Waals surface area contributed by atoms with Crippen molar-refractivity contribution in [2.24, 2.45) is 5.92 Å². The summed E-state index contributed by atoms with van der Waals surface area (Å²) in [6.07, 6.45) is 0.808. The molecule has 4 rings (SSSR count). The van der Waals surface area contributed by atoms with Crippen LogP contribution in [0.15, 0.2) is 36.4 Å². The summed E-state index contributed by atoms with van der Waals surface area (Å²) in [6, 6.07) is 11.4. The number of amides is 1. The van der Waals surface area contributed by atoms with E-state index in [-0.39, 0.29) is 17.2 Å². The zero-order chi connectivity index (χ0) is 22.1. The van der Waals surface area contributed by atoms with Crippen molar-refractivity contribution in [3.05, 3.63) is 47.7 Å². The Balaban J connectivity index is 1.56. The molecule has 0 spiro atoms. The van der Waals surface area contributed by atoms with Gasteiger partial charge in [-0.2, -0.15) is 5.10 Å². The highest BCUT2D eigenvalue weighted by atomic mass is 16.3. The number of anilines is 2. The van der Waals surface area contributed by atoms with E-state index in [1.54, 1.807) is 24.1 Å². The van der Waals surface area contributed by atoms with E-state index in [0.717, 1.165) is 54.9 Å².